The van der Waals surface area contributed by atoms with Crippen molar-refractivity contribution < 1.29 is 28.6 Å². The molecule has 0 bridgehead atoms. The summed E-state index contributed by atoms with van der Waals surface area (Å²) in [5.74, 6) is -0.586. The number of carbonyl (C=O) groups excluding carboxylic acids is 2. The SMILES string of the molecule is CC(=O)O[C@@H]1CC(=O)O[C@H]([C@H](C)[C@H](O)/C(C)=C/C[C@H](O[Si](C)(C)C(C)(C)C)C(C)C)CC[C@@H]1C. The highest BCUT2D eigenvalue weighted by atomic mass is 28.4. The number of ether oxygens (including phenoxy) is 2. The average Bonchev–Trinajstić information content (AvgIpc) is 2.69. The van der Waals surface area contributed by atoms with Gasteiger partial charge in [-0.3, -0.25) is 9.59 Å². The van der Waals surface area contributed by atoms with Crippen LogP contribution in [0, 0.1) is 17.8 Å². The van der Waals surface area contributed by atoms with E-state index in [1.54, 1.807) is 0 Å². The summed E-state index contributed by atoms with van der Waals surface area (Å²) in [6.07, 6.45) is 2.81. The summed E-state index contributed by atoms with van der Waals surface area (Å²) < 4.78 is 17.7. The minimum Gasteiger partial charge on any atom is -0.462 e. The van der Waals surface area contributed by atoms with Gasteiger partial charge in [0.25, 0.3) is 0 Å². The van der Waals surface area contributed by atoms with Crippen LogP contribution in [0.4, 0.5) is 0 Å². The Morgan fingerprint density at radius 3 is 2.29 bits per heavy atom. The van der Waals surface area contributed by atoms with Gasteiger partial charge in [0, 0.05) is 12.8 Å². The Morgan fingerprint density at radius 1 is 1.21 bits per heavy atom. The minimum atomic E-state index is -1.90. The summed E-state index contributed by atoms with van der Waals surface area (Å²) >= 11 is 0. The zero-order valence-electron chi connectivity index (χ0n) is 23.4. The van der Waals surface area contributed by atoms with Crippen LogP contribution < -0.4 is 0 Å². The molecule has 7 heteroatoms. The minimum absolute atomic E-state index is 0.0513. The predicted octanol–water partition coefficient (Wildman–Crippen LogP) is 6.03. The third-order valence-corrected chi connectivity index (χ3v) is 12.2. The lowest BCUT2D eigenvalue weighted by molar-refractivity contribution is -0.165. The van der Waals surface area contributed by atoms with Crippen LogP contribution in [-0.4, -0.2) is 49.8 Å². The van der Waals surface area contributed by atoms with Gasteiger partial charge in [-0.05, 0) is 61.7 Å². The summed E-state index contributed by atoms with van der Waals surface area (Å²) in [6.45, 7) is 22.8. The molecule has 198 valence electrons. The fourth-order valence-electron chi connectivity index (χ4n) is 4.05. The molecular weight excluding hydrogens is 448 g/mol. The molecule has 0 aromatic carbocycles. The zero-order chi connectivity index (χ0) is 26.4. The second kappa shape index (κ2) is 12.7. The lowest BCUT2D eigenvalue weighted by Crippen LogP contribution is -2.45. The van der Waals surface area contributed by atoms with E-state index in [-0.39, 0.29) is 47.4 Å². The lowest BCUT2D eigenvalue weighted by atomic mass is 9.85. The molecule has 1 rings (SSSR count). The smallest absolute Gasteiger partial charge is 0.309 e. The van der Waals surface area contributed by atoms with Crippen molar-refractivity contribution in [3.8, 4) is 0 Å². The summed E-state index contributed by atoms with van der Waals surface area (Å²) in [5.41, 5.74) is 0.876. The van der Waals surface area contributed by atoms with Gasteiger partial charge in [0.1, 0.15) is 12.2 Å². The van der Waals surface area contributed by atoms with E-state index < -0.39 is 20.5 Å². The van der Waals surface area contributed by atoms with E-state index >= 15 is 0 Å². The van der Waals surface area contributed by atoms with E-state index in [2.05, 4.69) is 53.8 Å². The zero-order valence-corrected chi connectivity index (χ0v) is 24.4. The van der Waals surface area contributed by atoms with Gasteiger partial charge < -0.3 is 19.0 Å². The molecule has 0 aromatic heterocycles. The van der Waals surface area contributed by atoms with Crippen LogP contribution in [0.1, 0.15) is 88.0 Å². The molecule has 1 fully saturated rings. The van der Waals surface area contributed by atoms with Gasteiger partial charge in [-0.1, -0.05) is 54.5 Å². The van der Waals surface area contributed by atoms with Crippen molar-refractivity contribution in [3.05, 3.63) is 11.6 Å². The van der Waals surface area contributed by atoms with Crippen LogP contribution in [0.25, 0.3) is 0 Å². The number of hydrogen-bond acceptors (Lipinski definition) is 6. The molecule has 0 radical (unpaired) electrons. The van der Waals surface area contributed by atoms with Crippen LogP contribution in [0.15, 0.2) is 11.6 Å². The molecule has 1 heterocycles. The number of cyclic esters (lactones) is 1. The van der Waals surface area contributed by atoms with Crippen molar-refractivity contribution in [1.82, 2.24) is 0 Å². The Labute approximate surface area is 208 Å². The predicted molar refractivity (Wildman–Crippen MR) is 139 cm³/mol. The molecule has 6 atom stereocenters. The van der Waals surface area contributed by atoms with E-state index in [9.17, 15) is 14.7 Å². The van der Waals surface area contributed by atoms with Crippen molar-refractivity contribution in [2.45, 2.75) is 131 Å². The normalized spacial score (nSPS) is 25.7. The maximum absolute atomic E-state index is 12.5. The highest BCUT2D eigenvalue weighted by Gasteiger charge is 2.39. The average molecular weight is 499 g/mol. The molecule has 0 aliphatic carbocycles. The lowest BCUT2D eigenvalue weighted by Gasteiger charge is -2.40. The monoisotopic (exact) mass is 498 g/mol. The number of aliphatic hydroxyl groups excluding tert-OH is 1. The van der Waals surface area contributed by atoms with Crippen molar-refractivity contribution in [2.24, 2.45) is 17.8 Å². The van der Waals surface area contributed by atoms with Crippen molar-refractivity contribution in [3.63, 3.8) is 0 Å². The molecular formula is C27H50O6Si. The standard InChI is InChI=1S/C27H50O6Si/c1-17(2)22(33-34(10,11)27(7,8)9)14-13-19(4)26(30)20(5)23-15-12-18(3)24(31-21(6)28)16-25(29)32-23/h13,17-18,20,22-24,26,30H,12,14-16H2,1-11H3/b19-13+/t18-,20-,22-,23-,24+,26+/m0/s1. The van der Waals surface area contributed by atoms with E-state index in [1.165, 1.54) is 6.92 Å². The van der Waals surface area contributed by atoms with Crippen molar-refractivity contribution >= 4 is 20.3 Å². The Morgan fingerprint density at radius 2 is 1.79 bits per heavy atom. The van der Waals surface area contributed by atoms with Crippen molar-refractivity contribution in [1.29, 1.82) is 0 Å². The van der Waals surface area contributed by atoms with Crippen LogP contribution in [0.3, 0.4) is 0 Å². The van der Waals surface area contributed by atoms with Crippen molar-refractivity contribution in [2.75, 3.05) is 0 Å². The number of hydrogen-bond donors (Lipinski definition) is 1. The first-order chi connectivity index (χ1) is 15.5. The summed E-state index contributed by atoms with van der Waals surface area (Å²) in [5, 5.41) is 11.2. The third-order valence-electron chi connectivity index (χ3n) is 7.73. The Balaban J connectivity index is 2.86. The van der Waals surface area contributed by atoms with E-state index in [4.69, 9.17) is 13.9 Å². The summed E-state index contributed by atoms with van der Waals surface area (Å²) in [4.78, 5) is 23.8. The number of esters is 2. The number of aliphatic hydroxyl groups is 1. The second-order valence-corrected chi connectivity index (χ2v) is 16.8. The van der Waals surface area contributed by atoms with Crippen LogP contribution in [-0.2, 0) is 23.5 Å². The number of carbonyl (C=O) groups is 2. The molecule has 0 spiro atoms. The van der Waals surface area contributed by atoms with Gasteiger partial charge in [-0.2, -0.15) is 0 Å². The molecule has 1 aliphatic rings. The first-order valence-electron chi connectivity index (χ1n) is 12.9. The molecule has 0 saturated carbocycles. The molecule has 0 unspecified atom stereocenters. The maximum atomic E-state index is 12.5. The van der Waals surface area contributed by atoms with Gasteiger partial charge in [0.15, 0.2) is 8.32 Å². The van der Waals surface area contributed by atoms with Crippen LogP contribution in [0.5, 0.6) is 0 Å². The second-order valence-electron chi connectivity index (χ2n) is 12.1. The van der Waals surface area contributed by atoms with Gasteiger partial charge >= 0.3 is 11.9 Å². The first kappa shape index (κ1) is 30.8. The third kappa shape index (κ3) is 9.12. The van der Waals surface area contributed by atoms with Gasteiger partial charge in [0.05, 0.1) is 18.6 Å². The molecule has 1 N–H and O–H groups in total. The Bertz CT molecular complexity index is 708. The molecule has 0 amide bonds. The quantitative estimate of drug-likeness (QED) is 0.237. The molecule has 1 aliphatic heterocycles. The Hall–Kier alpha value is -1.18. The van der Waals surface area contributed by atoms with Crippen LogP contribution in [0.2, 0.25) is 18.1 Å². The molecule has 6 nitrogen and oxygen atoms in total. The highest BCUT2D eigenvalue weighted by molar-refractivity contribution is 6.74. The number of rotatable bonds is 9. The molecule has 0 aromatic rings. The summed E-state index contributed by atoms with van der Waals surface area (Å²) in [6, 6.07) is 0. The fraction of sp³-hybridized carbons (Fsp3) is 0.852. The highest BCUT2D eigenvalue weighted by Crippen LogP contribution is 2.38. The Kier molecular flexibility index (Phi) is 11.5. The van der Waals surface area contributed by atoms with Gasteiger partial charge in [-0.15, -0.1) is 0 Å². The largest absolute Gasteiger partial charge is 0.462 e. The topological polar surface area (TPSA) is 82.1 Å². The maximum Gasteiger partial charge on any atom is 0.309 e. The summed E-state index contributed by atoms with van der Waals surface area (Å²) in [7, 11) is -1.90. The molecule has 1 saturated heterocycles. The van der Waals surface area contributed by atoms with E-state index in [0.717, 1.165) is 18.4 Å². The van der Waals surface area contributed by atoms with Crippen LogP contribution >= 0.6 is 0 Å². The van der Waals surface area contributed by atoms with Gasteiger partial charge in [-0.25, -0.2) is 0 Å². The van der Waals surface area contributed by atoms with E-state index in [1.807, 2.05) is 20.8 Å². The first-order valence-corrected chi connectivity index (χ1v) is 15.8. The fourth-order valence-corrected chi connectivity index (χ4v) is 5.53. The van der Waals surface area contributed by atoms with Gasteiger partial charge in [0.2, 0.25) is 0 Å². The molecule has 34 heavy (non-hydrogen) atoms. The van der Waals surface area contributed by atoms with E-state index in [0.29, 0.717) is 12.3 Å².